The van der Waals surface area contributed by atoms with Gasteiger partial charge >= 0.3 is 0 Å². The maximum atomic E-state index is 12.7. The monoisotopic (exact) mass is 437 g/mol. The van der Waals surface area contributed by atoms with Crippen LogP contribution in [0.5, 0.6) is 0 Å². The summed E-state index contributed by atoms with van der Waals surface area (Å²) in [6.45, 7) is 9.41. The van der Waals surface area contributed by atoms with Crippen LogP contribution in [0.1, 0.15) is 19.0 Å². The Kier molecular flexibility index (Phi) is 6.52. The quantitative estimate of drug-likeness (QED) is 0.498. The number of aromatic nitrogens is 3. The number of nitrogens with two attached hydrogens (primary N) is 1. The first-order valence-electron chi connectivity index (χ1n) is 11.0. The molecule has 0 aromatic carbocycles. The molecule has 0 spiro atoms. The van der Waals surface area contributed by atoms with E-state index in [1.807, 2.05) is 24.1 Å². The highest BCUT2D eigenvalue weighted by atomic mass is 16.2. The normalized spacial score (nSPS) is 18.4. The van der Waals surface area contributed by atoms with Crippen LogP contribution in [0.3, 0.4) is 0 Å². The van der Waals surface area contributed by atoms with Gasteiger partial charge in [-0.05, 0) is 19.5 Å². The van der Waals surface area contributed by atoms with Gasteiger partial charge in [-0.2, -0.15) is 0 Å². The van der Waals surface area contributed by atoms with Crippen LogP contribution in [-0.4, -0.2) is 81.6 Å². The lowest BCUT2D eigenvalue weighted by Crippen LogP contribution is -2.52. The average Bonchev–Trinajstić information content (AvgIpc) is 3.21. The van der Waals surface area contributed by atoms with Crippen LogP contribution in [0.15, 0.2) is 30.0 Å². The molecule has 2 aromatic heterocycles. The number of nitrogens with one attached hydrogen (secondary N) is 2. The SMILES string of the molecule is C=CN(CC(=O)N1CCN(C)CC1)NC1CC=c2c(-c3cc(CC)nc(N)n3)c[nH]c2=N1. The molecule has 0 aliphatic carbocycles. The molecular weight excluding hydrogens is 406 g/mol. The Morgan fingerprint density at radius 1 is 1.38 bits per heavy atom. The third kappa shape index (κ3) is 4.81. The summed E-state index contributed by atoms with van der Waals surface area (Å²) in [5.74, 6) is 0.356. The topological polar surface area (TPSA) is 119 Å². The molecule has 4 rings (SSSR count). The number of H-pyrrole nitrogens is 1. The number of amides is 1. The van der Waals surface area contributed by atoms with Crippen molar-refractivity contribution in [1.82, 2.24) is 35.2 Å². The zero-order valence-corrected chi connectivity index (χ0v) is 18.7. The van der Waals surface area contributed by atoms with Crippen molar-refractivity contribution < 1.29 is 4.79 Å². The van der Waals surface area contributed by atoms with E-state index in [0.717, 1.165) is 60.3 Å². The van der Waals surface area contributed by atoms with Gasteiger partial charge in [0, 0.05) is 61.5 Å². The summed E-state index contributed by atoms with van der Waals surface area (Å²) in [4.78, 5) is 33.5. The highest BCUT2D eigenvalue weighted by Gasteiger charge is 2.22. The second-order valence-electron chi connectivity index (χ2n) is 8.13. The molecule has 0 saturated carbocycles. The Balaban J connectivity index is 1.45. The molecule has 0 bridgehead atoms. The number of rotatable bonds is 7. The van der Waals surface area contributed by atoms with Crippen molar-refractivity contribution in [3.8, 4) is 11.3 Å². The summed E-state index contributed by atoms with van der Waals surface area (Å²) in [5, 5.41) is 2.72. The molecule has 4 N–H and O–H groups in total. The van der Waals surface area contributed by atoms with Crippen molar-refractivity contribution >= 4 is 17.9 Å². The highest BCUT2D eigenvalue weighted by molar-refractivity contribution is 5.78. The summed E-state index contributed by atoms with van der Waals surface area (Å²) in [5.41, 5.74) is 12.6. The molecule has 10 heteroatoms. The molecule has 32 heavy (non-hydrogen) atoms. The Bertz CT molecular complexity index is 1100. The molecule has 1 saturated heterocycles. The lowest BCUT2D eigenvalue weighted by molar-refractivity contribution is -0.134. The van der Waals surface area contributed by atoms with E-state index in [2.05, 4.69) is 45.0 Å². The van der Waals surface area contributed by atoms with Crippen LogP contribution >= 0.6 is 0 Å². The molecule has 1 unspecified atom stereocenters. The molecule has 1 fully saturated rings. The van der Waals surface area contributed by atoms with E-state index in [9.17, 15) is 4.79 Å². The highest BCUT2D eigenvalue weighted by Crippen LogP contribution is 2.15. The number of fused-ring (bicyclic) bond motifs is 1. The van der Waals surface area contributed by atoms with Gasteiger partial charge in [0.15, 0.2) is 0 Å². The second kappa shape index (κ2) is 9.49. The Morgan fingerprint density at radius 2 is 2.16 bits per heavy atom. The number of carbonyl (C=O) groups is 1. The Hall–Kier alpha value is -3.24. The predicted molar refractivity (Wildman–Crippen MR) is 123 cm³/mol. The molecule has 170 valence electrons. The van der Waals surface area contributed by atoms with Crippen molar-refractivity contribution in [3.63, 3.8) is 0 Å². The van der Waals surface area contributed by atoms with Gasteiger partial charge in [0.1, 0.15) is 18.2 Å². The molecule has 2 aliphatic rings. The smallest absolute Gasteiger partial charge is 0.243 e. The van der Waals surface area contributed by atoms with Crippen LogP contribution < -0.4 is 21.9 Å². The van der Waals surface area contributed by atoms with Crippen molar-refractivity contribution in [2.24, 2.45) is 4.99 Å². The van der Waals surface area contributed by atoms with E-state index in [1.165, 1.54) is 0 Å². The van der Waals surface area contributed by atoms with Crippen LogP contribution in [0, 0.1) is 0 Å². The Labute approximate surface area is 187 Å². The van der Waals surface area contributed by atoms with E-state index >= 15 is 0 Å². The summed E-state index contributed by atoms with van der Waals surface area (Å²) >= 11 is 0. The largest absolute Gasteiger partial charge is 0.368 e. The third-order valence-corrected chi connectivity index (χ3v) is 5.86. The minimum absolute atomic E-state index is 0.0845. The van der Waals surface area contributed by atoms with Gasteiger partial charge in [-0.15, -0.1) is 0 Å². The first-order chi connectivity index (χ1) is 15.5. The lowest BCUT2D eigenvalue weighted by atomic mass is 10.1. The summed E-state index contributed by atoms with van der Waals surface area (Å²) < 4.78 is 0. The zero-order valence-electron chi connectivity index (χ0n) is 18.7. The fourth-order valence-electron chi connectivity index (χ4n) is 3.96. The number of likely N-dealkylation sites (N-methyl/N-ethyl adjacent to an activating group) is 1. The van der Waals surface area contributed by atoms with E-state index in [1.54, 1.807) is 11.2 Å². The molecule has 0 radical (unpaired) electrons. The summed E-state index contributed by atoms with van der Waals surface area (Å²) in [6, 6.07) is 1.96. The standard InChI is InChI=1S/C22H31N9O/c1-4-15-12-18(26-22(23)25-15)17-13-24-21-16(17)6-7-19(27-21)28-31(5-2)14-20(32)30-10-8-29(3)9-11-30/h5-6,12-13,19,28H,2,4,7-11,14H2,1,3H3,(H,24,27)(H2,23,25,26). The fraction of sp³-hybridized carbons (Fsp3) is 0.455. The van der Waals surface area contributed by atoms with Crippen molar-refractivity contribution in [1.29, 1.82) is 0 Å². The van der Waals surface area contributed by atoms with E-state index in [-0.39, 0.29) is 24.6 Å². The molecule has 2 aliphatic heterocycles. The second-order valence-corrected chi connectivity index (χ2v) is 8.13. The maximum Gasteiger partial charge on any atom is 0.243 e. The van der Waals surface area contributed by atoms with Gasteiger partial charge in [-0.1, -0.05) is 19.6 Å². The molecular formula is C22H31N9O. The first kappa shape index (κ1) is 22.0. The van der Waals surface area contributed by atoms with Crippen molar-refractivity contribution in [3.05, 3.63) is 41.4 Å². The van der Waals surface area contributed by atoms with Crippen LogP contribution in [0.4, 0.5) is 5.95 Å². The molecule has 1 amide bonds. The van der Waals surface area contributed by atoms with E-state index < -0.39 is 0 Å². The predicted octanol–water partition coefficient (Wildman–Crippen LogP) is -0.530. The molecule has 2 aromatic rings. The van der Waals surface area contributed by atoms with Gasteiger partial charge in [-0.3, -0.25) is 4.79 Å². The maximum absolute atomic E-state index is 12.7. The van der Waals surface area contributed by atoms with Gasteiger partial charge in [0.2, 0.25) is 11.9 Å². The third-order valence-electron chi connectivity index (χ3n) is 5.86. The van der Waals surface area contributed by atoms with E-state index in [0.29, 0.717) is 6.42 Å². The van der Waals surface area contributed by atoms with Crippen LogP contribution in [-0.2, 0) is 11.2 Å². The first-order valence-corrected chi connectivity index (χ1v) is 11.0. The van der Waals surface area contributed by atoms with Crippen LogP contribution in [0.2, 0.25) is 0 Å². The number of aryl methyl sites for hydroxylation is 1. The number of hydrazine groups is 1. The number of piperazine rings is 1. The number of nitrogens with zero attached hydrogens (tertiary/aromatic N) is 6. The number of carbonyl (C=O) groups excluding carboxylic acids is 1. The van der Waals surface area contributed by atoms with E-state index in [4.69, 9.17) is 10.7 Å². The minimum Gasteiger partial charge on any atom is -0.368 e. The molecule has 4 heterocycles. The number of hydrogen-bond donors (Lipinski definition) is 3. The van der Waals surface area contributed by atoms with Crippen molar-refractivity contribution in [2.45, 2.75) is 25.9 Å². The zero-order chi connectivity index (χ0) is 22.7. The van der Waals surface area contributed by atoms with Gasteiger partial charge < -0.3 is 25.5 Å². The molecule has 10 nitrogen and oxygen atoms in total. The number of nitrogen functional groups attached to an aromatic ring is 1. The Morgan fingerprint density at radius 3 is 2.88 bits per heavy atom. The number of aromatic amines is 1. The minimum atomic E-state index is -0.200. The lowest BCUT2D eigenvalue weighted by Gasteiger charge is -2.34. The number of anilines is 1. The fourth-order valence-corrected chi connectivity index (χ4v) is 3.96. The van der Waals surface area contributed by atoms with Gasteiger partial charge in [0.05, 0.1) is 5.69 Å². The van der Waals surface area contributed by atoms with Gasteiger partial charge in [0.25, 0.3) is 0 Å². The summed E-state index contributed by atoms with van der Waals surface area (Å²) in [6.07, 6.45) is 6.92. The summed E-state index contributed by atoms with van der Waals surface area (Å²) in [7, 11) is 2.07. The molecule has 1 atom stereocenters. The van der Waals surface area contributed by atoms with Gasteiger partial charge in [-0.25, -0.2) is 20.4 Å². The van der Waals surface area contributed by atoms with Crippen molar-refractivity contribution in [2.75, 3.05) is 45.5 Å². The average molecular weight is 438 g/mol. The van der Waals surface area contributed by atoms with Crippen LogP contribution in [0.25, 0.3) is 17.3 Å². The number of hydrogen-bond acceptors (Lipinski definition) is 8.